The molecule has 0 radical (unpaired) electrons. The van der Waals surface area contributed by atoms with Crippen LogP contribution < -0.4 is 0 Å². The number of carbonyl (C=O) groups excluding carboxylic acids is 1. The highest BCUT2D eigenvalue weighted by atomic mass is 35.5. The van der Waals surface area contributed by atoms with Crippen molar-refractivity contribution in [2.24, 2.45) is 0 Å². The van der Waals surface area contributed by atoms with E-state index in [9.17, 15) is 4.79 Å². The first-order valence-electron chi connectivity index (χ1n) is 8.02. The number of rotatable bonds is 6. The topological polar surface area (TPSA) is 72.4 Å². The van der Waals surface area contributed by atoms with Gasteiger partial charge in [-0.25, -0.2) is 0 Å². The molecule has 0 fully saturated rings. The standard InChI is InChI=1S/C18H14ClN3O3S2/c1-22(9-11-5-4-8-24-11)14(23)10-26-18-21-20-17(25-18)16-15(19)12-6-2-3-7-13(12)27-16/h2-8H,9-10H2,1H3. The van der Waals surface area contributed by atoms with Crippen molar-refractivity contribution in [3.63, 3.8) is 0 Å². The van der Waals surface area contributed by atoms with Gasteiger partial charge in [0.25, 0.3) is 11.1 Å². The minimum Gasteiger partial charge on any atom is -0.467 e. The summed E-state index contributed by atoms with van der Waals surface area (Å²) in [5.74, 6) is 1.23. The van der Waals surface area contributed by atoms with Crippen molar-refractivity contribution >= 4 is 50.7 Å². The molecule has 0 bridgehead atoms. The van der Waals surface area contributed by atoms with E-state index in [0.29, 0.717) is 22.7 Å². The molecule has 0 aliphatic heterocycles. The summed E-state index contributed by atoms with van der Waals surface area (Å²) >= 11 is 9.14. The quantitative estimate of drug-likeness (QED) is 0.412. The number of aromatic nitrogens is 2. The Balaban J connectivity index is 1.42. The van der Waals surface area contributed by atoms with Crippen LogP contribution in [0.1, 0.15) is 5.76 Å². The maximum atomic E-state index is 12.2. The number of hydrogen-bond acceptors (Lipinski definition) is 7. The minimum absolute atomic E-state index is 0.0592. The van der Waals surface area contributed by atoms with E-state index in [0.717, 1.165) is 20.7 Å². The van der Waals surface area contributed by atoms with Gasteiger partial charge in [-0.1, -0.05) is 41.6 Å². The number of nitrogens with zero attached hydrogens (tertiary/aromatic N) is 3. The van der Waals surface area contributed by atoms with E-state index in [1.807, 2.05) is 30.3 Å². The third kappa shape index (κ3) is 3.87. The Kier molecular flexibility index (Phi) is 5.20. The molecule has 4 rings (SSSR count). The lowest BCUT2D eigenvalue weighted by Gasteiger charge is -2.14. The van der Waals surface area contributed by atoms with E-state index < -0.39 is 0 Å². The first-order valence-corrected chi connectivity index (χ1v) is 10.2. The highest BCUT2D eigenvalue weighted by Gasteiger charge is 2.19. The third-order valence-electron chi connectivity index (χ3n) is 3.85. The van der Waals surface area contributed by atoms with E-state index in [-0.39, 0.29) is 11.7 Å². The summed E-state index contributed by atoms with van der Waals surface area (Å²) in [4.78, 5) is 14.6. The van der Waals surface area contributed by atoms with Gasteiger partial charge in [0.15, 0.2) is 0 Å². The third-order valence-corrected chi connectivity index (χ3v) is 6.32. The molecule has 0 N–H and O–H groups in total. The van der Waals surface area contributed by atoms with Crippen molar-refractivity contribution in [3.8, 4) is 10.8 Å². The summed E-state index contributed by atoms with van der Waals surface area (Å²) in [6.07, 6.45) is 1.58. The van der Waals surface area contributed by atoms with Crippen molar-refractivity contribution < 1.29 is 13.6 Å². The lowest BCUT2D eigenvalue weighted by atomic mass is 10.2. The number of amides is 1. The van der Waals surface area contributed by atoms with Gasteiger partial charge in [-0.3, -0.25) is 4.79 Å². The number of hydrogen-bond donors (Lipinski definition) is 0. The van der Waals surface area contributed by atoms with Crippen LogP contribution in [0.25, 0.3) is 20.9 Å². The zero-order valence-electron chi connectivity index (χ0n) is 14.2. The van der Waals surface area contributed by atoms with Gasteiger partial charge in [0.05, 0.1) is 23.6 Å². The Labute approximate surface area is 168 Å². The Morgan fingerprint density at radius 1 is 1.26 bits per heavy atom. The number of carbonyl (C=O) groups is 1. The lowest BCUT2D eigenvalue weighted by molar-refractivity contribution is -0.127. The SMILES string of the molecule is CN(Cc1ccco1)C(=O)CSc1nnc(-c2sc3ccccc3c2Cl)o1. The molecule has 138 valence electrons. The second kappa shape index (κ2) is 7.75. The number of benzene rings is 1. The second-order valence-corrected chi connectivity index (χ2v) is 8.09. The normalized spacial score (nSPS) is 11.2. The summed E-state index contributed by atoms with van der Waals surface area (Å²) in [5, 5.41) is 9.98. The first-order chi connectivity index (χ1) is 13.1. The Hall–Kier alpha value is -2.29. The summed E-state index contributed by atoms with van der Waals surface area (Å²) in [7, 11) is 1.72. The fourth-order valence-corrected chi connectivity index (χ4v) is 4.61. The fraction of sp³-hybridized carbons (Fsp3) is 0.167. The number of thiophene rings is 1. The van der Waals surface area contributed by atoms with Crippen LogP contribution in [0.2, 0.25) is 5.02 Å². The first kappa shape index (κ1) is 18.1. The highest BCUT2D eigenvalue weighted by molar-refractivity contribution is 7.99. The molecule has 3 heterocycles. The van der Waals surface area contributed by atoms with Gasteiger partial charge >= 0.3 is 0 Å². The van der Waals surface area contributed by atoms with Crippen LogP contribution in [0, 0.1) is 0 Å². The summed E-state index contributed by atoms with van der Waals surface area (Å²) in [6, 6.07) is 11.5. The fourth-order valence-electron chi connectivity index (χ4n) is 2.47. The van der Waals surface area contributed by atoms with Gasteiger partial charge in [0.2, 0.25) is 5.91 Å². The maximum Gasteiger partial charge on any atom is 0.277 e. The van der Waals surface area contributed by atoms with Gasteiger partial charge < -0.3 is 13.7 Å². The zero-order valence-corrected chi connectivity index (χ0v) is 16.6. The number of halogens is 1. The van der Waals surface area contributed by atoms with E-state index in [2.05, 4.69) is 10.2 Å². The molecule has 0 atom stereocenters. The summed E-state index contributed by atoms with van der Waals surface area (Å²) in [5.41, 5.74) is 0. The maximum absolute atomic E-state index is 12.2. The van der Waals surface area contributed by atoms with Crippen LogP contribution in [0.5, 0.6) is 0 Å². The van der Waals surface area contributed by atoms with Gasteiger partial charge in [-0.15, -0.1) is 21.5 Å². The van der Waals surface area contributed by atoms with Crippen molar-refractivity contribution in [2.75, 3.05) is 12.8 Å². The molecule has 1 amide bonds. The molecule has 0 aliphatic carbocycles. The molecule has 0 unspecified atom stereocenters. The van der Waals surface area contributed by atoms with Crippen LogP contribution in [0.4, 0.5) is 0 Å². The van der Waals surface area contributed by atoms with E-state index >= 15 is 0 Å². The van der Waals surface area contributed by atoms with Crippen molar-refractivity contribution in [2.45, 2.75) is 11.8 Å². The number of fused-ring (bicyclic) bond motifs is 1. The molecule has 0 spiro atoms. The molecule has 4 aromatic rings. The van der Waals surface area contributed by atoms with Crippen LogP contribution in [-0.4, -0.2) is 33.8 Å². The molecule has 9 heteroatoms. The highest BCUT2D eigenvalue weighted by Crippen LogP contribution is 2.41. The van der Waals surface area contributed by atoms with Crippen molar-refractivity contribution in [1.29, 1.82) is 0 Å². The average Bonchev–Trinajstić information content (AvgIpc) is 3.41. The predicted molar refractivity (Wildman–Crippen MR) is 106 cm³/mol. The van der Waals surface area contributed by atoms with Crippen LogP contribution in [0.15, 0.2) is 56.7 Å². The van der Waals surface area contributed by atoms with Gasteiger partial charge in [-0.2, -0.15) is 0 Å². The smallest absolute Gasteiger partial charge is 0.277 e. The second-order valence-electron chi connectivity index (χ2n) is 5.73. The van der Waals surface area contributed by atoms with Crippen LogP contribution in [-0.2, 0) is 11.3 Å². The predicted octanol–water partition coefficient (Wildman–Crippen LogP) is 4.95. The molecule has 27 heavy (non-hydrogen) atoms. The molecule has 6 nitrogen and oxygen atoms in total. The number of furan rings is 1. The van der Waals surface area contributed by atoms with Crippen molar-refractivity contribution in [3.05, 3.63) is 53.4 Å². The molecule has 0 saturated carbocycles. The molecular weight excluding hydrogens is 406 g/mol. The number of thioether (sulfide) groups is 1. The van der Waals surface area contributed by atoms with Gasteiger partial charge in [0.1, 0.15) is 10.6 Å². The van der Waals surface area contributed by atoms with Crippen LogP contribution >= 0.6 is 34.7 Å². The van der Waals surface area contributed by atoms with E-state index in [4.69, 9.17) is 20.4 Å². The lowest BCUT2D eigenvalue weighted by Crippen LogP contribution is -2.27. The van der Waals surface area contributed by atoms with Crippen molar-refractivity contribution in [1.82, 2.24) is 15.1 Å². The molecule has 3 aromatic heterocycles. The Bertz CT molecular complexity index is 1070. The summed E-state index contributed by atoms with van der Waals surface area (Å²) in [6.45, 7) is 0.416. The monoisotopic (exact) mass is 419 g/mol. The summed E-state index contributed by atoms with van der Waals surface area (Å²) < 4.78 is 12.0. The Morgan fingerprint density at radius 2 is 2.11 bits per heavy atom. The van der Waals surface area contributed by atoms with E-state index in [1.165, 1.54) is 23.1 Å². The molecule has 0 aliphatic rings. The van der Waals surface area contributed by atoms with Crippen LogP contribution in [0.3, 0.4) is 0 Å². The van der Waals surface area contributed by atoms with Gasteiger partial charge in [-0.05, 0) is 18.2 Å². The zero-order chi connectivity index (χ0) is 18.8. The Morgan fingerprint density at radius 3 is 2.89 bits per heavy atom. The minimum atomic E-state index is -0.0592. The molecular formula is C18H14ClN3O3S2. The molecule has 0 saturated heterocycles. The average molecular weight is 420 g/mol. The van der Waals surface area contributed by atoms with E-state index in [1.54, 1.807) is 24.3 Å². The largest absolute Gasteiger partial charge is 0.467 e. The molecule has 1 aromatic carbocycles. The van der Waals surface area contributed by atoms with Gasteiger partial charge in [0, 0.05) is 17.1 Å².